The Bertz CT molecular complexity index is 1310. The van der Waals surface area contributed by atoms with Gasteiger partial charge >= 0.3 is 6.18 Å². The number of carbonyl (C=O) groups is 1. The minimum atomic E-state index is -4.61. The summed E-state index contributed by atoms with van der Waals surface area (Å²) >= 11 is 0. The zero-order chi connectivity index (χ0) is 24.5. The van der Waals surface area contributed by atoms with Gasteiger partial charge in [-0.3, -0.25) is 4.79 Å². The van der Waals surface area contributed by atoms with Crippen LogP contribution in [0.1, 0.15) is 33.2 Å². The Labute approximate surface area is 194 Å². The van der Waals surface area contributed by atoms with Crippen molar-refractivity contribution in [3.8, 4) is 5.75 Å². The normalized spacial score (nSPS) is 16.8. The molecule has 3 aromatic carbocycles. The van der Waals surface area contributed by atoms with Crippen molar-refractivity contribution >= 4 is 21.6 Å². The number of methoxy groups -OCH3 is 1. The Morgan fingerprint density at radius 3 is 2.32 bits per heavy atom. The lowest BCUT2D eigenvalue weighted by Crippen LogP contribution is -2.38. The molecule has 1 heterocycles. The third kappa shape index (κ3) is 5.00. The summed E-state index contributed by atoms with van der Waals surface area (Å²) in [5, 5.41) is 5.57. The van der Waals surface area contributed by atoms with Gasteiger partial charge in [-0.05, 0) is 53.6 Å². The molecule has 0 fully saturated rings. The number of amides is 1. The van der Waals surface area contributed by atoms with Crippen LogP contribution in [0.4, 0.5) is 18.9 Å². The molecule has 0 saturated heterocycles. The topological polar surface area (TPSA) is 96.5 Å². The fraction of sp³-hybridized carbons (Fsp3) is 0.174. The number of benzene rings is 3. The van der Waals surface area contributed by atoms with Crippen molar-refractivity contribution < 1.29 is 31.1 Å². The second kappa shape index (κ2) is 8.99. The van der Waals surface area contributed by atoms with Gasteiger partial charge in [-0.25, -0.2) is 8.42 Å². The standard InChI is InChI=1S/C23H20F3N3O4S/c1-33-18-9-2-14(3-10-18)13-27-22(30)16-6-4-15(5-7-16)21-28-19-12-17(23(24,25)26)8-11-20(19)34(31,32)29-21/h2-12,21,28-29H,13H2,1H3,(H,27,30)/t21-/m1/s1. The fourth-order valence-corrected chi connectivity index (χ4v) is 4.75. The van der Waals surface area contributed by atoms with Crippen LogP contribution in [0.25, 0.3) is 0 Å². The van der Waals surface area contributed by atoms with Gasteiger partial charge in [0.2, 0.25) is 10.0 Å². The number of sulfonamides is 1. The van der Waals surface area contributed by atoms with Crippen LogP contribution in [0.15, 0.2) is 71.6 Å². The van der Waals surface area contributed by atoms with Gasteiger partial charge in [-0.1, -0.05) is 24.3 Å². The number of alkyl halides is 3. The van der Waals surface area contributed by atoms with Crippen LogP contribution in [0.2, 0.25) is 0 Å². The Morgan fingerprint density at radius 2 is 1.71 bits per heavy atom. The van der Waals surface area contributed by atoms with Crippen molar-refractivity contribution in [2.24, 2.45) is 0 Å². The van der Waals surface area contributed by atoms with Crippen molar-refractivity contribution in [1.82, 2.24) is 10.0 Å². The van der Waals surface area contributed by atoms with Crippen LogP contribution in [0.3, 0.4) is 0 Å². The summed E-state index contributed by atoms with van der Waals surface area (Å²) in [5.41, 5.74) is 0.538. The number of anilines is 1. The van der Waals surface area contributed by atoms with Crippen LogP contribution >= 0.6 is 0 Å². The maximum Gasteiger partial charge on any atom is 0.416 e. The molecular formula is C23H20F3N3O4S. The van der Waals surface area contributed by atoms with Crippen LogP contribution in [0, 0.1) is 0 Å². The number of carbonyl (C=O) groups excluding carboxylic acids is 1. The first-order valence-electron chi connectivity index (χ1n) is 10.1. The van der Waals surface area contributed by atoms with E-state index in [9.17, 15) is 26.4 Å². The molecule has 0 aromatic heterocycles. The highest BCUT2D eigenvalue weighted by Crippen LogP contribution is 2.37. The number of halogens is 3. The predicted octanol–water partition coefficient (Wildman–Crippen LogP) is 4.05. The number of ether oxygens (including phenoxy) is 1. The molecule has 0 radical (unpaired) electrons. The molecule has 1 atom stereocenters. The zero-order valence-corrected chi connectivity index (χ0v) is 18.6. The molecule has 0 bridgehead atoms. The Balaban J connectivity index is 1.47. The molecule has 0 aliphatic carbocycles. The van der Waals surface area contributed by atoms with Gasteiger partial charge in [0.05, 0.1) is 18.4 Å². The molecule has 34 heavy (non-hydrogen) atoms. The number of rotatable bonds is 5. The van der Waals surface area contributed by atoms with E-state index in [1.54, 1.807) is 19.2 Å². The largest absolute Gasteiger partial charge is 0.497 e. The molecule has 1 aliphatic rings. The van der Waals surface area contributed by atoms with Crippen LogP contribution in [-0.2, 0) is 22.7 Å². The lowest BCUT2D eigenvalue weighted by atomic mass is 10.1. The van der Waals surface area contributed by atoms with E-state index in [0.29, 0.717) is 23.4 Å². The van der Waals surface area contributed by atoms with E-state index < -0.39 is 27.9 Å². The first kappa shape index (κ1) is 23.6. The average Bonchev–Trinajstić information content (AvgIpc) is 2.81. The van der Waals surface area contributed by atoms with Crippen LogP contribution in [-0.4, -0.2) is 21.4 Å². The van der Waals surface area contributed by atoms with Crippen molar-refractivity contribution in [3.63, 3.8) is 0 Å². The first-order valence-corrected chi connectivity index (χ1v) is 11.6. The monoisotopic (exact) mass is 491 g/mol. The van der Waals surface area contributed by atoms with Gasteiger partial charge in [0, 0.05) is 12.1 Å². The molecular weight excluding hydrogens is 471 g/mol. The maximum atomic E-state index is 13.1. The fourth-order valence-electron chi connectivity index (χ4n) is 3.46. The SMILES string of the molecule is COc1ccc(CNC(=O)c2ccc([C@@H]3Nc4cc(C(F)(F)F)ccc4S(=O)(=O)N3)cc2)cc1. The van der Waals surface area contributed by atoms with Crippen molar-refractivity contribution in [2.75, 3.05) is 12.4 Å². The third-order valence-electron chi connectivity index (χ3n) is 5.29. The van der Waals surface area contributed by atoms with E-state index in [2.05, 4.69) is 15.4 Å². The van der Waals surface area contributed by atoms with E-state index >= 15 is 0 Å². The van der Waals surface area contributed by atoms with E-state index in [1.165, 1.54) is 24.3 Å². The van der Waals surface area contributed by atoms with E-state index in [0.717, 1.165) is 23.8 Å². The van der Waals surface area contributed by atoms with Gasteiger partial charge in [0.25, 0.3) is 5.91 Å². The van der Waals surface area contributed by atoms with Crippen molar-refractivity contribution in [2.45, 2.75) is 23.8 Å². The van der Waals surface area contributed by atoms with Gasteiger partial charge < -0.3 is 15.4 Å². The predicted molar refractivity (Wildman–Crippen MR) is 119 cm³/mol. The minimum Gasteiger partial charge on any atom is -0.497 e. The minimum absolute atomic E-state index is 0.153. The van der Waals surface area contributed by atoms with Gasteiger partial charge in [-0.2, -0.15) is 17.9 Å². The van der Waals surface area contributed by atoms with Crippen molar-refractivity contribution in [3.05, 3.63) is 89.0 Å². The second-order valence-corrected chi connectivity index (χ2v) is 9.24. The molecule has 0 spiro atoms. The highest BCUT2D eigenvalue weighted by Gasteiger charge is 2.35. The average molecular weight is 491 g/mol. The van der Waals surface area contributed by atoms with Crippen molar-refractivity contribution in [1.29, 1.82) is 0 Å². The first-order chi connectivity index (χ1) is 16.1. The smallest absolute Gasteiger partial charge is 0.416 e. The highest BCUT2D eigenvalue weighted by atomic mass is 32.2. The molecule has 7 nitrogen and oxygen atoms in total. The quantitative estimate of drug-likeness (QED) is 0.501. The second-order valence-electron chi connectivity index (χ2n) is 7.56. The van der Waals surface area contributed by atoms with E-state index in [4.69, 9.17) is 4.74 Å². The summed E-state index contributed by atoms with van der Waals surface area (Å²) in [5.74, 6) is 0.370. The maximum absolute atomic E-state index is 13.1. The third-order valence-corrected chi connectivity index (χ3v) is 6.77. The number of fused-ring (bicyclic) bond motifs is 1. The lowest BCUT2D eigenvalue weighted by Gasteiger charge is -2.29. The molecule has 0 unspecified atom stereocenters. The summed E-state index contributed by atoms with van der Waals surface area (Å²) < 4.78 is 71.8. The molecule has 4 rings (SSSR count). The van der Waals surface area contributed by atoms with E-state index in [1.807, 2.05) is 12.1 Å². The zero-order valence-electron chi connectivity index (χ0n) is 17.8. The molecule has 11 heteroatoms. The summed E-state index contributed by atoms with van der Waals surface area (Å²) in [6, 6.07) is 15.7. The summed E-state index contributed by atoms with van der Waals surface area (Å²) in [6.07, 6.45) is -5.61. The molecule has 1 aliphatic heterocycles. The van der Waals surface area contributed by atoms with Gasteiger partial charge in [0.1, 0.15) is 16.8 Å². The van der Waals surface area contributed by atoms with E-state index in [-0.39, 0.29) is 16.5 Å². The molecule has 178 valence electrons. The van der Waals surface area contributed by atoms with Crippen LogP contribution in [0.5, 0.6) is 5.75 Å². The van der Waals surface area contributed by atoms with Gasteiger partial charge in [0.15, 0.2) is 0 Å². The lowest BCUT2D eigenvalue weighted by molar-refractivity contribution is -0.137. The Kier molecular flexibility index (Phi) is 6.24. The van der Waals surface area contributed by atoms with Crippen LogP contribution < -0.4 is 20.1 Å². The van der Waals surface area contributed by atoms with Gasteiger partial charge in [-0.15, -0.1) is 0 Å². The summed E-state index contributed by atoms with van der Waals surface area (Å²) in [6.45, 7) is 0.298. The highest BCUT2D eigenvalue weighted by molar-refractivity contribution is 7.89. The number of hydrogen-bond acceptors (Lipinski definition) is 5. The molecule has 1 amide bonds. The molecule has 0 saturated carbocycles. The number of hydrogen-bond donors (Lipinski definition) is 3. The Hall–Kier alpha value is -3.57. The molecule has 3 N–H and O–H groups in total. The Morgan fingerprint density at radius 1 is 1.03 bits per heavy atom. The summed E-state index contributed by atoms with van der Waals surface area (Å²) in [4.78, 5) is 12.2. The summed E-state index contributed by atoms with van der Waals surface area (Å²) in [7, 11) is -2.48. The molecule has 3 aromatic rings. The number of nitrogens with one attached hydrogen (secondary N) is 3.